The number of fused-ring (bicyclic) bond motifs is 1. The summed E-state index contributed by atoms with van der Waals surface area (Å²) >= 11 is 3.51. The van der Waals surface area contributed by atoms with Gasteiger partial charge in [-0.1, -0.05) is 18.2 Å². The SMILES string of the molecule is COc1ccc(Cc2nc(C=O)c3cccc(Br)n23)cc1. The second-order valence-electron chi connectivity index (χ2n) is 4.63. The highest BCUT2D eigenvalue weighted by Crippen LogP contribution is 2.21. The topological polar surface area (TPSA) is 43.6 Å². The van der Waals surface area contributed by atoms with E-state index in [2.05, 4.69) is 20.9 Å². The number of ether oxygens (including phenoxy) is 1. The summed E-state index contributed by atoms with van der Waals surface area (Å²) < 4.78 is 7.99. The summed E-state index contributed by atoms with van der Waals surface area (Å²) in [6.45, 7) is 0. The van der Waals surface area contributed by atoms with Crippen molar-refractivity contribution in [3.63, 3.8) is 0 Å². The maximum absolute atomic E-state index is 11.2. The van der Waals surface area contributed by atoms with Gasteiger partial charge >= 0.3 is 0 Å². The number of hydrogen-bond donors (Lipinski definition) is 0. The van der Waals surface area contributed by atoms with Crippen molar-refractivity contribution >= 4 is 27.7 Å². The molecule has 0 bridgehead atoms. The number of aromatic nitrogens is 2. The highest BCUT2D eigenvalue weighted by Gasteiger charge is 2.12. The predicted molar refractivity (Wildman–Crippen MR) is 84.1 cm³/mol. The summed E-state index contributed by atoms with van der Waals surface area (Å²) in [6, 6.07) is 13.5. The molecule has 0 unspecified atom stereocenters. The minimum atomic E-state index is 0.458. The van der Waals surface area contributed by atoms with Crippen molar-refractivity contribution < 1.29 is 9.53 Å². The third-order valence-corrected chi connectivity index (χ3v) is 3.96. The highest BCUT2D eigenvalue weighted by atomic mass is 79.9. The molecule has 0 N–H and O–H groups in total. The Bertz CT molecular complexity index is 794. The van der Waals surface area contributed by atoms with Crippen molar-refractivity contribution in [2.24, 2.45) is 0 Å². The van der Waals surface area contributed by atoms with Gasteiger partial charge in [-0.25, -0.2) is 4.98 Å². The second-order valence-corrected chi connectivity index (χ2v) is 5.44. The van der Waals surface area contributed by atoms with Crippen molar-refractivity contribution in [2.45, 2.75) is 6.42 Å². The van der Waals surface area contributed by atoms with Gasteiger partial charge in [0, 0.05) is 6.42 Å². The summed E-state index contributed by atoms with van der Waals surface area (Å²) in [4.78, 5) is 15.6. The van der Waals surface area contributed by atoms with Crippen LogP contribution in [0.2, 0.25) is 0 Å². The standard InChI is InChI=1S/C16H13BrN2O2/c1-21-12-7-5-11(6-8-12)9-16-18-13(10-20)14-3-2-4-15(17)19(14)16/h2-8,10H,9H2,1H3. The van der Waals surface area contributed by atoms with Crippen LogP contribution >= 0.6 is 15.9 Å². The molecule has 0 aliphatic heterocycles. The van der Waals surface area contributed by atoms with E-state index < -0.39 is 0 Å². The zero-order chi connectivity index (χ0) is 14.8. The van der Waals surface area contributed by atoms with Gasteiger partial charge < -0.3 is 4.74 Å². The molecule has 106 valence electrons. The molecule has 0 radical (unpaired) electrons. The molecule has 0 atom stereocenters. The summed E-state index contributed by atoms with van der Waals surface area (Å²) in [5.41, 5.74) is 2.37. The lowest BCUT2D eigenvalue weighted by molar-refractivity contribution is 0.112. The molecule has 0 aliphatic carbocycles. The molecular formula is C16H13BrN2O2. The number of pyridine rings is 1. The van der Waals surface area contributed by atoms with Crippen molar-refractivity contribution in [1.82, 2.24) is 9.38 Å². The van der Waals surface area contributed by atoms with Crippen LogP contribution in [0.3, 0.4) is 0 Å². The van der Waals surface area contributed by atoms with Crippen molar-refractivity contribution in [3.05, 3.63) is 64.1 Å². The normalized spacial score (nSPS) is 10.8. The first-order valence-electron chi connectivity index (χ1n) is 6.47. The Morgan fingerprint density at radius 2 is 2.00 bits per heavy atom. The molecule has 0 saturated carbocycles. The fourth-order valence-electron chi connectivity index (χ4n) is 2.32. The minimum absolute atomic E-state index is 0.458. The summed E-state index contributed by atoms with van der Waals surface area (Å²) in [5, 5.41) is 0. The van der Waals surface area contributed by atoms with E-state index in [9.17, 15) is 4.79 Å². The summed E-state index contributed by atoms with van der Waals surface area (Å²) in [5.74, 6) is 1.64. The van der Waals surface area contributed by atoms with Crippen molar-refractivity contribution in [3.8, 4) is 5.75 Å². The smallest absolute Gasteiger partial charge is 0.170 e. The van der Waals surface area contributed by atoms with Crippen LogP contribution < -0.4 is 4.74 Å². The second kappa shape index (κ2) is 5.69. The molecule has 5 heteroatoms. The lowest BCUT2D eigenvalue weighted by atomic mass is 10.1. The molecule has 2 heterocycles. The Balaban J connectivity index is 2.05. The van der Waals surface area contributed by atoms with Crippen molar-refractivity contribution in [1.29, 1.82) is 0 Å². The number of carbonyl (C=O) groups is 1. The van der Waals surface area contributed by atoms with Crippen LogP contribution in [0.25, 0.3) is 5.52 Å². The van der Waals surface area contributed by atoms with Gasteiger partial charge in [0.2, 0.25) is 0 Å². The predicted octanol–water partition coefficient (Wildman–Crippen LogP) is 3.51. The van der Waals surface area contributed by atoms with Crippen LogP contribution in [0.5, 0.6) is 5.75 Å². The maximum Gasteiger partial charge on any atom is 0.170 e. The van der Waals surface area contributed by atoms with Gasteiger partial charge in [-0.2, -0.15) is 0 Å². The van der Waals surface area contributed by atoms with Gasteiger partial charge in [0.1, 0.15) is 17.3 Å². The number of carbonyl (C=O) groups excluding carboxylic acids is 1. The van der Waals surface area contributed by atoms with Crippen molar-refractivity contribution in [2.75, 3.05) is 7.11 Å². The number of hydrogen-bond acceptors (Lipinski definition) is 3. The molecular weight excluding hydrogens is 332 g/mol. The summed E-state index contributed by atoms with van der Waals surface area (Å²) in [7, 11) is 1.64. The monoisotopic (exact) mass is 344 g/mol. The van der Waals surface area contributed by atoms with Gasteiger partial charge in [0.25, 0.3) is 0 Å². The fraction of sp³-hybridized carbons (Fsp3) is 0.125. The van der Waals surface area contributed by atoms with E-state index in [-0.39, 0.29) is 0 Å². The van der Waals surface area contributed by atoms with E-state index in [0.717, 1.165) is 33.5 Å². The molecule has 3 aromatic rings. The van der Waals surface area contributed by atoms with E-state index in [1.165, 1.54) is 0 Å². The Morgan fingerprint density at radius 3 is 2.67 bits per heavy atom. The Morgan fingerprint density at radius 1 is 1.24 bits per heavy atom. The third kappa shape index (κ3) is 2.56. The van der Waals surface area contributed by atoms with E-state index in [1.807, 2.05) is 46.9 Å². The van der Waals surface area contributed by atoms with Gasteiger partial charge in [-0.05, 0) is 45.8 Å². The first-order chi connectivity index (χ1) is 10.2. The molecule has 2 aromatic heterocycles. The number of nitrogens with zero attached hydrogens (tertiary/aromatic N) is 2. The van der Waals surface area contributed by atoms with Gasteiger partial charge in [-0.3, -0.25) is 9.20 Å². The van der Waals surface area contributed by atoms with Crippen LogP contribution in [-0.4, -0.2) is 22.8 Å². The van der Waals surface area contributed by atoms with Crippen LogP contribution in [-0.2, 0) is 6.42 Å². The molecule has 0 spiro atoms. The van der Waals surface area contributed by atoms with E-state index >= 15 is 0 Å². The van der Waals surface area contributed by atoms with E-state index in [1.54, 1.807) is 7.11 Å². The lowest BCUT2D eigenvalue weighted by Gasteiger charge is -2.05. The number of halogens is 1. The molecule has 0 saturated heterocycles. The molecule has 3 rings (SSSR count). The van der Waals surface area contributed by atoms with Gasteiger partial charge in [-0.15, -0.1) is 0 Å². The zero-order valence-electron chi connectivity index (χ0n) is 11.4. The Labute approximate surface area is 130 Å². The van der Waals surface area contributed by atoms with Crippen LogP contribution in [0.4, 0.5) is 0 Å². The number of imidazole rings is 1. The maximum atomic E-state index is 11.2. The molecule has 0 fully saturated rings. The fourth-order valence-corrected chi connectivity index (χ4v) is 2.87. The van der Waals surface area contributed by atoms with Crippen LogP contribution in [0.15, 0.2) is 47.1 Å². The lowest BCUT2D eigenvalue weighted by Crippen LogP contribution is -1.97. The minimum Gasteiger partial charge on any atom is -0.497 e. The van der Waals surface area contributed by atoms with Gasteiger partial charge in [0.15, 0.2) is 6.29 Å². The average molecular weight is 345 g/mol. The first-order valence-corrected chi connectivity index (χ1v) is 7.26. The number of methoxy groups -OCH3 is 1. The number of aldehydes is 1. The van der Waals surface area contributed by atoms with Crippen LogP contribution in [0, 0.1) is 0 Å². The highest BCUT2D eigenvalue weighted by molar-refractivity contribution is 9.10. The quantitative estimate of drug-likeness (QED) is 0.537. The molecule has 1 aromatic carbocycles. The molecule has 21 heavy (non-hydrogen) atoms. The molecule has 4 nitrogen and oxygen atoms in total. The third-order valence-electron chi connectivity index (χ3n) is 3.35. The van der Waals surface area contributed by atoms with Gasteiger partial charge in [0.05, 0.1) is 17.2 Å². The van der Waals surface area contributed by atoms with Crippen LogP contribution in [0.1, 0.15) is 21.9 Å². The average Bonchev–Trinajstić information content (AvgIpc) is 2.87. The molecule has 0 amide bonds. The zero-order valence-corrected chi connectivity index (χ0v) is 13.0. The number of rotatable bonds is 4. The molecule has 0 aliphatic rings. The Hall–Kier alpha value is -2.14. The van der Waals surface area contributed by atoms with E-state index in [0.29, 0.717) is 12.1 Å². The Kier molecular flexibility index (Phi) is 3.75. The van der Waals surface area contributed by atoms with E-state index in [4.69, 9.17) is 4.74 Å². The summed E-state index contributed by atoms with van der Waals surface area (Å²) in [6.07, 6.45) is 1.43. The first kappa shape index (κ1) is 13.8. The number of benzene rings is 1. The largest absolute Gasteiger partial charge is 0.497 e.